The molecule has 0 saturated carbocycles. The van der Waals surface area contributed by atoms with Crippen molar-refractivity contribution in [1.29, 1.82) is 0 Å². The van der Waals surface area contributed by atoms with Crippen molar-refractivity contribution in [3.8, 4) is 0 Å². The first kappa shape index (κ1) is 42.1. The van der Waals surface area contributed by atoms with Crippen LogP contribution in [-0.2, 0) is 62.4 Å². The van der Waals surface area contributed by atoms with Crippen molar-refractivity contribution in [2.75, 3.05) is 19.6 Å². The monoisotopic (exact) mass is 779 g/mol. The van der Waals surface area contributed by atoms with E-state index in [1.54, 1.807) is 36.4 Å². The Bertz CT molecular complexity index is 1600. The van der Waals surface area contributed by atoms with E-state index in [9.17, 15) is 28.8 Å². The van der Waals surface area contributed by atoms with Gasteiger partial charge in [-0.1, -0.05) is 91.0 Å². The van der Waals surface area contributed by atoms with Crippen LogP contribution in [-0.4, -0.2) is 96.0 Å². The van der Waals surface area contributed by atoms with E-state index in [4.69, 9.17) is 28.2 Å². The molecule has 0 unspecified atom stereocenters. The molecule has 6 rings (SSSR count). The van der Waals surface area contributed by atoms with Gasteiger partial charge in [-0.05, 0) is 55.2 Å². The molecule has 3 aromatic carbocycles. The second-order valence-electron chi connectivity index (χ2n) is 13.4. The molecule has 0 N–H and O–H groups in total. The number of hydrogen-bond donors (Lipinski definition) is 0. The molecule has 3 heterocycles. The third kappa shape index (κ3) is 11.3. The Morgan fingerprint density at radius 3 is 1.00 bits per heavy atom. The van der Waals surface area contributed by atoms with Gasteiger partial charge in [-0.15, -0.1) is 0 Å². The number of carbonyl (C=O) groups is 6. The normalized spacial score (nSPS) is 18.8. The molecule has 3 aliphatic rings. The molecule has 0 radical (unpaired) electrons. The van der Waals surface area contributed by atoms with Crippen molar-refractivity contribution >= 4 is 43.5 Å². The first-order chi connectivity index (χ1) is 26.8. The Kier molecular flexibility index (Phi) is 15.6. The summed E-state index contributed by atoms with van der Waals surface area (Å²) in [5.41, 5.74) is 2.27. The van der Waals surface area contributed by atoms with Crippen LogP contribution in [0.5, 0.6) is 0 Å². The van der Waals surface area contributed by atoms with Crippen LogP contribution in [0.1, 0.15) is 55.2 Å². The van der Waals surface area contributed by atoms with Gasteiger partial charge in [0.15, 0.2) is 0 Å². The summed E-state index contributed by atoms with van der Waals surface area (Å²) < 4.78 is 33.1. The Labute approximate surface area is 346 Å². The fraction of sp³-hybridized carbons (Fsp3) is 0.385. The fourth-order valence-electron chi connectivity index (χ4n) is 6.82. The second kappa shape index (κ2) is 20.7. The summed E-state index contributed by atoms with van der Waals surface area (Å²) in [5.74, 6) is -2.90. The molecular weight excluding hydrogens is 736 g/mol. The van der Waals surface area contributed by atoms with E-state index < -0.39 is 61.6 Å². The standard InChI is InChI=1S/C39H43BN3O12.Na/c44-34(31-19-10-22-41(31)37(47)50-25-28-13-4-1-5-14-28)53-40(54-35(45)32-20-11-23-42(32)38(48)51-26-29-15-6-2-7-16-29)55-36(46)33-21-12-24-43(33)39(49)52-27-30-17-8-3-9-18-30;/h1-9,13-18,31-33,40H,10-12,19-27H2;/q-1;+1/t31-,32-,33-;/m0./s1. The summed E-state index contributed by atoms with van der Waals surface area (Å²) in [7, 11) is -3.30. The van der Waals surface area contributed by atoms with Gasteiger partial charge in [0.05, 0.1) is 0 Å². The third-order valence-corrected chi connectivity index (χ3v) is 9.67. The maximum Gasteiger partial charge on any atom is 1.00 e. The molecule has 3 saturated heterocycles. The number of hydrogen-bond acceptors (Lipinski definition) is 12. The minimum Gasteiger partial charge on any atom is -0.624 e. The molecule has 0 aromatic heterocycles. The van der Waals surface area contributed by atoms with Gasteiger partial charge in [0, 0.05) is 19.6 Å². The van der Waals surface area contributed by atoms with Gasteiger partial charge in [0.25, 0.3) is 17.9 Å². The molecule has 0 aliphatic carbocycles. The molecule has 290 valence electrons. The van der Waals surface area contributed by atoms with Crippen molar-refractivity contribution in [3.63, 3.8) is 0 Å². The number of carbonyl (C=O) groups excluding carboxylic acids is 6. The van der Waals surface area contributed by atoms with Gasteiger partial charge in [0.1, 0.15) is 37.9 Å². The summed E-state index contributed by atoms with van der Waals surface area (Å²) >= 11 is 0. The number of benzene rings is 3. The summed E-state index contributed by atoms with van der Waals surface area (Å²) in [6.07, 6.45) is -0.166. The van der Waals surface area contributed by atoms with Gasteiger partial charge in [-0.2, -0.15) is 0 Å². The molecule has 3 atom stereocenters. The number of nitrogens with zero attached hydrogens (tertiary/aromatic N) is 3. The third-order valence-electron chi connectivity index (χ3n) is 9.67. The molecule has 17 heteroatoms. The zero-order chi connectivity index (χ0) is 38.6. The molecule has 0 bridgehead atoms. The summed E-state index contributed by atoms with van der Waals surface area (Å²) in [4.78, 5) is 83.7. The van der Waals surface area contributed by atoms with Crippen molar-refractivity contribution in [3.05, 3.63) is 108 Å². The van der Waals surface area contributed by atoms with Crippen molar-refractivity contribution in [2.24, 2.45) is 0 Å². The van der Waals surface area contributed by atoms with E-state index in [2.05, 4.69) is 0 Å². The SMILES string of the molecule is O=C(O[BH-](OC(=O)[C@@H]1CCCN1C(=O)OCc1ccccc1)OC(=O)[C@@H]1CCCN1C(=O)OCc1ccccc1)[C@@H]1CCCN1C(=O)OCc1ccccc1.[Na+]. The van der Waals surface area contributed by atoms with Crippen molar-refractivity contribution in [1.82, 2.24) is 14.7 Å². The van der Waals surface area contributed by atoms with Gasteiger partial charge < -0.3 is 28.2 Å². The number of amides is 3. The van der Waals surface area contributed by atoms with E-state index in [-0.39, 0.29) is 88.3 Å². The van der Waals surface area contributed by atoms with Crippen LogP contribution in [0, 0.1) is 0 Å². The molecule has 3 aromatic rings. The quantitative estimate of drug-likeness (QED) is 0.193. The fourth-order valence-corrected chi connectivity index (χ4v) is 6.82. The predicted molar refractivity (Wildman–Crippen MR) is 194 cm³/mol. The Morgan fingerprint density at radius 1 is 0.464 bits per heavy atom. The van der Waals surface area contributed by atoms with Gasteiger partial charge >= 0.3 is 55.2 Å². The zero-order valence-electron chi connectivity index (χ0n) is 31.3. The predicted octanol–water partition coefficient (Wildman–Crippen LogP) is 1.74. The van der Waals surface area contributed by atoms with Crippen molar-refractivity contribution in [2.45, 2.75) is 76.5 Å². The van der Waals surface area contributed by atoms with Crippen LogP contribution in [0.2, 0.25) is 0 Å². The summed E-state index contributed by atoms with van der Waals surface area (Å²) in [6.45, 7) is 0.570. The zero-order valence-corrected chi connectivity index (χ0v) is 33.3. The Morgan fingerprint density at radius 2 is 0.732 bits per heavy atom. The number of rotatable bonds is 12. The van der Waals surface area contributed by atoms with Crippen molar-refractivity contribution < 1.29 is 86.5 Å². The van der Waals surface area contributed by atoms with E-state index in [0.717, 1.165) is 16.7 Å². The Hall–Kier alpha value is -5.06. The smallest absolute Gasteiger partial charge is 0.624 e. The minimum atomic E-state index is -3.30. The van der Waals surface area contributed by atoms with Crippen LogP contribution in [0.3, 0.4) is 0 Å². The number of likely N-dealkylation sites (tertiary alicyclic amines) is 3. The van der Waals surface area contributed by atoms with Gasteiger partial charge in [-0.3, -0.25) is 29.1 Å². The number of ether oxygens (including phenoxy) is 3. The first-order valence-electron chi connectivity index (χ1n) is 18.5. The minimum absolute atomic E-state index is 0. The van der Waals surface area contributed by atoms with Gasteiger partial charge in [0.2, 0.25) is 0 Å². The molecule has 3 fully saturated rings. The largest absolute Gasteiger partial charge is 1.00 e. The molecule has 0 spiro atoms. The van der Waals surface area contributed by atoms with E-state index in [1.807, 2.05) is 54.6 Å². The first-order valence-corrected chi connectivity index (χ1v) is 18.5. The Balaban J connectivity index is 0.00000600. The molecule has 56 heavy (non-hydrogen) atoms. The summed E-state index contributed by atoms with van der Waals surface area (Å²) in [5, 5.41) is 0. The molecule has 3 aliphatic heterocycles. The van der Waals surface area contributed by atoms with Crippen LogP contribution in [0.4, 0.5) is 14.4 Å². The molecular formula is C39H43BN3NaO12. The summed E-state index contributed by atoms with van der Waals surface area (Å²) in [6, 6.07) is 23.8. The average molecular weight is 780 g/mol. The van der Waals surface area contributed by atoms with Crippen LogP contribution in [0.25, 0.3) is 0 Å². The second-order valence-corrected chi connectivity index (χ2v) is 13.4. The topological polar surface area (TPSA) is 168 Å². The van der Waals surface area contributed by atoms with E-state index in [0.29, 0.717) is 19.3 Å². The molecule has 15 nitrogen and oxygen atoms in total. The van der Waals surface area contributed by atoms with Crippen LogP contribution in [0.15, 0.2) is 91.0 Å². The van der Waals surface area contributed by atoms with Crippen LogP contribution >= 0.6 is 0 Å². The maximum atomic E-state index is 13.6. The molecule has 3 amide bonds. The van der Waals surface area contributed by atoms with Crippen LogP contribution < -0.4 is 29.6 Å². The average Bonchev–Trinajstić information content (AvgIpc) is 4.01. The van der Waals surface area contributed by atoms with E-state index in [1.165, 1.54) is 14.7 Å². The maximum absolute atomic E-state index is 13.6. The van der Waals surface area contributed by atoms with E-state index >= 15 is 0 Å². The van der Waals surface area contributed by atoms with Gasteiger partial charge in [-0.25, -0.2) is 14.4 Å².